The van der Waals surface area contributed by atoms with Crippen molar-refractivity contribution in [1.29, 1.82) is 0 Å². The summed E-state index contributed by atoms with van der Waals surface area (Å²) in [4.78, 5) is 11.1. The fraction of sp³-hybridized carbons (Fsp3) is 0.214. The topological polar surface area (TPSA) is 42.2 Å². The molecule has 0 fully saturated rings. The quantitative estimate of drug-likeness (QED) is 0.875. The molecule has 3 nitrogen and oxygen atoms in total. The summed E-state index contributed by atoms with van der Waals surface area (Å²) in [7, 11) is 0. The average molecular weight is 229 g/mol. The average Bonchev–Trinajstić information content (AvgIpc) is 2.69. The van der Waals surface area contributed by atoms with Crippen molar-refractivity contribution in [3.05, 3.63) is 59.4 Å². The lowest BCUT2D eigenvalue weighted by Crippen LogP contribution is -2.10. The Kier molecular flexibility index (Phi) is 3.28. The number of aromatic carboxylic acids is 1. The van der Waals surface area contributed by atoms with Crippen molar-refractivity contribution in [3.8, 4) is 0 Å². The highest BCUT2D eigenvalue weighted by Gasteiger charge is 2.12. The molecule has 17 heavy (non-hydrogen) atoms. The molecule has 0 bridgehead atoms. The molecule has 0 aliphatic heterocycles. The van der Waals surface area contributed by atoms with E-state index in [1.807, 2.05) is 37.4 Å². The number of carboxylic acids is 1. The standard InChI is InChI=1S/C14H15NO2/c1-11-7-9-15(13(11)14(16)17)10-8-12-5-3-2-4-6-12/h2-7,9H,8,10H2,1H3,(H,16,17). The van der Waals surface area contributed by atoms with Gasteiger partial charge < -0.3 is 9.67 Å². The lowest BCUT2D eigenvalue weighted by Gasteiger charge is -2.07. The molecule has 0 radical (unpaired) electrons. The number of hydrogen-bond acceptors (Lipinski definition) is 1. The Morgan fingerprint density at radius 3 is 2.59 bits per heavy atom. The zero-order valence-corrected chi connectivity index (χ0v) is 9.76. The summed E-state index contributed by atoms with van der Waals surface area (Å²) in [5.41, 5.74) is 2.42. The highest BCUT2D eigenvalue weighted by molar-refractivity contribution is 5.87. The van der Waals surface area contributed by atoms with Crippen molar-refractivity contribution in [2.45, 2.75) is 19.9 Å². The Morgan fingerprint density at radius 1 is 1.24 bits per heavy atom. The van der Waals surface area contributed by atoms with Crippen LogP contribution in [0.1, 0.15) is 21.6 Å². The van der Waals surface area contributed by atoms with Crippen LogP contribution in [0, 0.1) is 6.92 Å². The summed E-state index contributed by atoms with van der Waals surface area (Å²) < 4.78 is 1.80. The molecule has 0 aliphatic rings. The number of aromatic nitrogens is 1. The monoisotopic (exact) mass is 229 g/mol. The van der Waals surface area contributed by atoms with E-state index in [1.54, 1.807) is 4.57 Å². The molecule has 1 aromatic carbocycles. The minimum absolute atomic E-state index is 0.390. The molecule has 2 aromatic rings. The molecular weight excluding hydrogens is 214 g/mol. The molecule has 1 N–H and O–H groups in total. The first kappa shape index (κ1) is 11.5. The highest BCUT2D eigenvalue weighted by Crippen LogP contribution is 2.11. The molecule has 0 unspecified atom stereocenters. The van der Waals surface area contributed by atoms with Crippen LogP contribution in [0.15, 0.2) is 42.6 Å². The molecule has 0 amide bonds. The van der Waals surface area contributed by atoms with E-state index in [1.165, 1.54) is 5.56 Å². The van der Waals surface area contributed by atoms with Crippen molar-refractivity contribution >= 4 is 5.97 Å². The summed E-state index contributed by atoms with van der Waals surface area (Å²) >= 11 is 0. The van der Waals surface area contributed by atoms with Gasteiger partial charge in [0.1, 0.15) is 5.69 Å². The minimum Gasteiger partial charge on any atom is -0.477 e. The molecule has 3 heteroatoms. The lowest BCUT2D eigenvalue weighted by atomic mass is 10.1. The second-order valence-electron chi connectivity index (χ2n) is 4.08. The van der Waals surface area contributed by atoms with Crippen molar-refractivity contribution in [2.75, 3.05) is 0 Å². The number of nitrogens with zero attached hydrogens (tertiary/aromatic N) is 1. The second kappa shape index (κ2) is 4.87. The Hall–Kier alpha value is -2.03. The van der Waals surface area contributed by atoms with Gasteiger partial charge in [-0.25, -0.2) is 4.79 Å². The predicted molar refractivity (Wildman–Crippen MR) is 66.3 cm³/mol. The van der Waals surface area contributed by atoms with Crippen molar-refractivity contribution < 1.29 is 9.90 Å². The van der Waals surface area contributed by atoms with Crippen LogP contribution in [0.3, 0.4) is 0 Å². The number of hydrogen-bond donors (Lipinski definition) is 1. The normalized spacial score (nSPS) is 10.4. The number of rotatable bonds is 4. The predicted octanol–water partition coefficient (Wildman–Crippen LogP) is 2.74. The van der Waals surface area contributed by atoms with E-state index in [4.69, 9.17) is 5.11 Å². The molecule has 0 atom stereocenters. The summed E-state index contributed by atoms with van der Waals surface area (Å²) in [6, 6.07) is 11.9. The van der Waals surface area contributed by atoms with Crippen LogP contribution < -0.4 is 0 Å². The van der Waals surface area contributed by atoms with Gasteiger partial charge in [-0.15, -0.1) is 0 Å². The molecule has 88 valence electrons. The van der Waals surface area contributed by atoms with E-state index < -0.39 is 5.97 Å². The van der Waals surface area contributed by atoms with Gasteiger partial charge in [-0.1, -0.05) is 30.3 Å². The zero-order chi connectivity index (χ0) is 12.3. The van der Waals surface area contributed by atoms with Crippen LogP contribution >= 0.6 is 0 Å². The van der Waals surface area contributed by atoms with E-state index in [9.17, 15) is 4.79 Å². The van der Waals surface area contributed by atoms with Gasteiger partial charge in [-0.3, -0.25) is 0 Å². The summed E-state index contributed by atoms with van der Waals surface area (Å²) in [6.45, 7) is 2.52. The first-order valence-corrected chi connectivity index (χ1v) is 5.61. The van der Waals surface area contributed by atoms with Crippen molar-refractivity contribution in [3.63, 3.8) is 0 Å². The third-order valence-corrected chi connectivity index (χ3v) is 2.85. The smallest absolute Gasteiger partial charge is 0.352 e. The van der Waals surface area contributed by atoms with E-state index >= 15 is 0 Å². The first-order chi connectivity index (χ1) is 8.18. The maximum absolute atomic E-state index is 11.1. The molecular formula is C14H15NO2. The Labute approximate surface area is 100 Å². The van der Waals surface area contributed by atoms with Crippen LogP contribution in [0.4, 0.5) is 0 Å². The maximum Gasteiger partial charge on any atom is 0.352 e. The van der Waals surface area contributed by atoms with Crippen LogP contribution in [0.2, 0.25) is 0 Å². The van der Waals surface area contributed by atoms with E-state index in [2.05, 4.69) is 12.1 Å². The molecule has 0 aliphatic carbocycles. The number of aryl methyl sites for hydroxylation is 3. The van der Waals surface area contributed by atoms with Crippen LogP contribution in [-0.4, -0.2) is 15.6 Å². The molecule has 0 saturated carbocycles. The van der Waals surface area contributed by atoms with E-state index in [-0.39, 0.29) is 0 Å². The van der Waals surface area contributed by atoms with Gasteiger partial charge in [0.05, 0.1) is 0 Å². The van der Waals surface area contributed by atoms with E-state index in [0.717, 1.165) is 12.0 Å². The summed E-state index contributed by atoms with van der Waals surface area (Å²) in [6.07, 6.45) is 2.68. The van der Waals surface area contributed by atoms with Crippen LogP contribution in [0.5, 0.6) is 0 Å². The van der Waals surface area contributed by atoms with Gasteiger partial charge in [0.15, 0.2) is 0 Å². The van der Waals surface area contributed by atoms with Gasteiger partial charge >= 0.3 is 5.97 Å². The lowest BCUT2D eigenvalue weighted by molar-refractivity contribution is 0.0684. The molecule has 2 rings (SSSR count). The van der Waals surface area contributed by atoms with E-state index in [0.29, 0.717) is 12.2 Å². The third kappa shape index (κ3) is 2.56. The third-order valence-electron chi connectivity index (χ3n) is 2.85. The van der Waals surface area contributed by atoms with Crippen molar-refractivity contribution in [1.82, 2.24) is 4.57 Å². The largest absolute Gasteiger partial charge is 0.477 e. The first-order valence-electron chi connectivity index (χ1n) is 5.61. The molecule has 1 heterocycles. The van der Waals surface area contributed by atoms with Gasteiger partial charge in [0.2, 0.25) is 0 Å². The Morgan fingerprint density at radius 2 is 1.94 bits per heavy atom. The SMILES string of the molecule is Cc1ccn(CCc2ccccc2)c1C(=O)O. The number of carbonyl (C=O) groups is 1. The minimum atomic E-state index is -0.861. The van der Waals surface area contributed by atoms with Gasteiger partial charge in [0, 0.05) is 12.7 Å². The highest BCUT2D eigenvalue weighted by atomic mass is 16.4. The number of carboxylic acid groups (broad SMARTS) is 1. The van der Waals surface area contributed by atoms with Gasteiger partial charge in [0.25, 0.3) is 0 Å². The van der Waals surface area contributed by atoms with Gasteiger partial charge in [-0.05, 0) is 30.5 Å². The Bertz CT molecular complexity index is 514. The van der Waals surface area contributed by atoms with Crippen LogP contribution in [0.25, 0.3) is 0 Å². The van der Waals surface area contributed by atoms with Gasteiger partial charge in [-0.2, -0.15) is 0 Å². The zero-order valence-electron chi connectivity index (χ0n) is 9.76. The second-order valence-corrected chi connectivity index (χ2v) is 4.08. The molecule has 0 spiro atoms. The molecule has 0 saturated heterocycles. The van der Waals surface area contributed by atoms with Crippen molar-refractivity contribution in [2.24, 2.45) is 0 Å². The van der Waals surface area contributed by atoms with Crippen LogP contribution in [-0.2, 0) is 13.0 Å². The summed E-state index contributed by atoms with van der Waals surface area (Å²) in [5.74, 6) is -0.861. The fourth-order valence-electron chi connectivity index (χ4n) is 1.95. The summed E-state index contributed by atoms with van der Waals surface area (Å²) in [5, 5.41) is 9.11. The number of benzene rings is 1. The maximum atomic E-state index is 11.1. The fourth-order valence-corrected chi connectivity index (χ4v) is 1.95. The molecule has 1 aromatic heterocycles. The Balaban J connectivity index is 2.12.